The van der Waals surface area contributed by atoms with Crippen LogP contribution in [0.4, 0.5) is 0 Å². The van der Waals surface area contributed by atoms with E-state index in [0.29, 0.717) is 6.04 Å². The van der Waals surface area contributed by atoms with Gasteiger partial charge in [-0.1, -0.05) is 39.2 Å². The van der Waals surface area contributed by atoms with Gasteiger partial charge in [-0.25, -0.2) is 0 Å². The standard InChI is InChI=1S/C18H30N2/c1-4-12-20-18(17-7-6-13-19-14(17)3)16-10-8-15(5-2)9-11-16/h6-7,13,15-16,18,20H,4-5,8-12H2,1-3H3. The summed E-state index contributed by atoms with van der Waals surface area (Å²) in [5.74, 6) is 1.75. The van der Waals surface area contributed by atoms with E-state index in [0.717, 1.165) is 18.4 Å². The van der Waals surface area contributed by atoms with Gasteiger partial charge in [0.15, 0.2) is 0 Å². The molecule has 1 unspecified atom stereocenters. The minimum atomic E-state index is 0.501. The summed E-state index contributed by atoms with van der Waals surface area (Å²) in [5, 5.41) is 3.79. The molecule has 0 saturated heterocycles. The van der Waals surface area contributed by atoms with Gasteiger partial charge in [0.25, 0.3) is 0 Å². The molecule has 0 spiro atoms. The Morgan fingerprint density at radius 2 is 2.00 bits per heavy atom. The highest BCUT2D eigenvalue weighted by molar-refractivity contribution is 5.23. The zero-order valence-electron chi connectivity index (χ0n) is 13.4. The van der Waals surface area contributed by atoms with E-state index in [2.05, 4.69) is 43.2 Å². The van der Waals surface area contributed by atoms with Crippen LogP contribution < -0.4 is 5.32 Å². The summed E-state index contributed by atoms with van der Waals surface area (Å²) in [4.78, 5) is 4.49. The Bertz CT molecular complexity index is 394. The molecule has 0 radical (unpaired) electrons. The molecular weight excluding hydrogens is 244 g/mol. The van der Waals surface area contributed by atoms with Gasteiger partial charge in [0.2, 0.25) is 0 Å². The Hall–Kier alpha value is -0.890. The first-order valence-electron chi connectivity index (χ1n) is 8.41. The van der Waals surface area contributed by atoms with Gasteiger partial charge in [0.1, 0.15) is 0 Å². The number of rotatable bonds is 6. The molecule has 1 atom stereocenters. The number of hydrogen-bond acceptors (Lipinski definition) is 2. The lowest BCUT2D eigenvalue weighted by Crippen LogP contribution is -2.32. The van der Waals surface area contributed by atoms with Crippen molar-refractivity contribution in [3.63, 3.8) is 0 Å². The molecule has 0 bridgehead atoms. The zero-order valence-corrected chi connectivity index (χ0v) is 13.4. The Kier molecular flexibility index (Phi) is 6.03. The van der Waals surface area contributed by atoms with Crippen molar-refractivity contribution in [2.24, 2.45) is 11.8 Å². The number of aromatic nitrogens is 1. The monoisotopic (exact) mass is 274 g/mol. The van der Waals surface area contributed by atoms with Crippen LogP contribution in [0.5, 0.6) is 0 Å². The highest BCUT2D eigenvalue weighted by atomic mass is 14.9. The second-order valence-electron chi connectivity index (χ2n) is 6.30. The van der Waals surface area contributed by atoms with Crippen molar-refractivity contribution in [1.29, 1.82) is 0 Å². The van der Waals surface area contributed by atoms with E-state index >= 15 is 0 Å². The summed E-state index contributed by atoms with van der Waals surface area (Å²) >= 11 is 0. The van der Waals surface area contributed by atoms with Gasteiger partial charge in [-0.15, -0.1) is 0 Å². The third kappa shape index (κ3) is 3.82. The van der Waals surface area contributed by atoms with Gasteiger partial charge in [-0.05, 0) is 56.2 Å². The van der Waals surface area contributed by atoms with Crippen molar-refractivity contribution in [2.45, 2.75) is 65.3 Å². The van der Waals surface area contributed by atoms with E-state index in [1.807, 2.05) is 6.20 Å². The lowest BCUT2D eigenvalue weighted by atomic mass is 9.75. The Morgan fingerprint density at radius 3 is 2.60 bits per heavy atom. The van der Waals surface area contributed by atoms with Crippen LogP contribution in [0.25, 0.3) is 0 Å². The van der Waals surface area contributed by atoms with Crippen LogP contribution in [-0.4, -0.2) is 11.5 Å². The van der Waals surface area contributed by atoms with E-state index in [9.17, 15) is 0 Å². The van der Waals surface area contributed by atoms with Crippen LogP contribution in [0.15, 0.2) is 18.3 Å². The molecule has 1 saturated carbocycles. The van der Waals surface area contributed by atoms with Gasteiger partial charge in [0, 0.05) is 17.9 Å². The first kappa shape index (κ1) is 15.5. The predicted molar refractivity (Wildman–Crippen MR) is 85.7 cm³/mol. The number of pyridine rings is 1. The second kappa shape index (κ2) is 7.78. The van der Waals surface area contributed by atoms with Crippen molar-refractivity contribution < 1.29 is 0 Å². The largest absolute Gasteiger partial charge is 0.310 e. The summed E-state index contributed by atoms with van der Waals surface area (Å²) in [7, 11) is 0. The van der Waals surface area contributed by atoms with Gasteiger partial charge in [0.05, 0.1) is 0 Å². The molecular formula is C18H30N2. The molecule has 1 N–H and O–H groups in total. The van der Waals surface area contributed by atoms with E-state index in [1.165, 1.54) is 49.8 Å². The minimum absolute atomic E-state index is 0.501. The average molecular weight is 274 g/mol. The lowest BCUT2D eigenvalue weighted by Gasteiger charge is -2.35. The van der Waals surface area contributed by atoms with Crippen LogP contribution in [-0.2, 0) is 0 Å². The Labute approximate surface area is 124 Å². The molecule has 2 nitrogen and oxygen atoms in total. The Morgan fingerprint density at radius 1 is 1.25 bits per heavy atom. The summed E-state index contributed by atoms with van der Waals surface area (Å²) in [6, 6.07) is 4.85. The fraction of sp³-hybridized carbons (Fsp3) is 0.722. The first-order valence-corrected chi connectivity index (χ1v) is 8.41. The molecule has 1 fully saturated rings. The van der Waals surface area contributed by atoms with Crippen LogP contribution in [0.1, 0.15) is 69.7 Å². The number of hydrogen-bond donors (Lipinski definition) is 1. The molecule has 1 aliphatic rings. The second-order valence-corrected chi connectivity index (χ2v) is 6.30. The molecule has 0 aliphatic heterocycles. The molecule has 0 aromatic carbocycles. The lowest BCUT2D eigenvalue weighted by molar-refractivity contribution is 0.218. The fourth-order valence-corrected chi connectivity index (χ4v) is 3.59. The van der Waals surface area contributed by atoms with Crippen LogP contribution in [0.3, 0.4) is 0 Å². The zero-order chi connectivity index (χ0) is 14.4. The van der Waals surface area contributed by atoms with Crippen LogP contribution in [0, 0.1) is 18.8 Å². The molecule has 1 aromatic rings. The number of nitrogens with one attached hydrogen (secondary N) is 1. The third-order valence-electron chi connectivity index (χ3n) is 4.94. The quantitative estimate of drug-likeness (QED) is 0.817. The van der Waals surface area contributed by atoms with Crippen molar-refractivity contribution in [1.82, 2.24) is 10.3 Å². The molecule has 1 heterocycles. The van der Waals surface area contributed by atoms with Crippen molar-refractivity contribution in [3.05, 3.63) is 29.6 Å². The Balaban J connectivity index is 2.10. The van der Waals surface area contributed by atoms with Crippen LogP contribution in [0.2, 0.25) is 0 Å². The van der Waals surface area contributed by atoms with Gasteiger partial charge >= 0.3 is 0 Å². The van der Waals surface area contributed by atoms with Crippen molar-refractivity contribution in [2.75, 3.05) is 6.54 Å². The van der Waals surface area contributed by atoms with E-state index < -0.39 is 0 Å². The summed E-state index contributed by atoms with van der Waals surface area (Å²) < 4.78 is 0. The fourth-order valence-electron chi connectivity index (χ4n) is 3.59. The van der Waals surface area contributed by atoms with Crippen molar-refractivity contribution in [3.8, 4) is 0 Å². The number of aryl methyl sites for hydroxylation is 1. The third-order valence-corrected chi connectivity index (χ3v) is 4.94. The molecule has 20 heavy (non-hydrogen) atoms. The molecule has 2 heteroatoms. The smallest absolute Gasteiger partial charge is 0.0420 e. The van der Waals surface area contributed by atoms with E-state index in [-0.39, 0.29) is 0 Å². The highest BCUT2D eigenvalue weighted by Crippen LogP contribution is 2.38. The minimum Gasteiger partial charge on any atom is -0.310 e. The van der Waals surface area contributed by atoms with Gasteiger partial charge in [-0.3, -0.25) is 4.98 Å². The maximum Gasteiger partial charge on any atom is 0.0420 e. The highest BCUT2D eigenvalue weighted by Gasteiger charge is 2.28. The average Bonchev–Trinajstić information content (AvgIpc) is 2.50. The summed E-state index contributed by atoms with van der Waals surface area (Å²) in [6.45, 7) is 7.83. The molecule has 112 valence electrons. The number of nitrogens with zero attached hydrogens (tertiary/aromatic N) is 1. The first-order chi connectivity index (χ1) is 9.76. The maximum absolute atomic E-state index is 4.49. The summed E-state index contributed by atoms with van der Waals surface area (Å²) in [6.07, 6.45) is 10.0. The van der Waals surface area contributed by atoms with Crippen LogP contribution >= 0.6 is 0 Å². The maximum atomic E-state index is 4.49. The van der Waals surface area contributed by atoms with Crippen molar-refractivity contribution >= 4 is 0 Å². The van der Waals surface area contributed by atoms with Gasteiger partial charge < -0.3 is 5.32 Å². The normalized spacial score (nSPS) is 24.6. The topological polar surface area (TPSA) is 24.9 Å². The predicted octanol–water partition coefficient (Wildman–Crippen LogP) is 4.65. The SMILES string of the molecule is CCCNC(c1cccnc1C)C1CCC(CC)CC1. The van der Waals surface area contributed by atoms with Gasteiger partial charge in [-0.2, -0.15) is 0 Å². The molecule has 1 aromatic heterocycles. The molecule has 0 amide bonds. The molecule has 2 rings (SSSR count). The van der Waals surface area contributed by atoms with E-state index in [4.69, 9.17) is 0 Å². The molecule has 1 aliphatic carbocycles. The summed E-state index contributed by atoms with van der Waals surface area (Å²) in [5.41, 5.74) is 2.61. The van der Waals surface area contributed by atoms with E-state index in [1.54, 1.807) is 0 Å².